The first-order valence-electron chi connectivity index (χ1n) is 9.15. The van der Waals surface area contributed by atoms with E-state index in [4.69, 9.17) is 0 Å². The molecule has 0 heterocycles. The van der Waals surface area contributed by atoms with Crippen molar-refractivity contribution in [3.63, 3.8) is 0 Å². The van der Waals surface area contributed by atoms with Gasteiger partial charge in [0.25, 0.3) is 0 Å². The summed E-state index contributed by atoms with van der Waals surface area (Å²) in [7, 11) is 2.14. The van der Waals surface area contributed by atoms with Crippen molar-refractivity contribution in [1.82, 2.24) is 4.90 Å². The molecular weight excluding hydrogens is 316 g/mol. The molecule has 2 heteroatoms. The first kappa shape index (κ1) is 19.8. The minimum absolute atomic E-state index is 0.0600. The van der Waals surface area contributed by atoms with Crippen LogP contribution < -0.4 is 5.32 Å². The third kappa shape index (κ3) is 8.05. The maximum atomic E-state index is 3.46. The molecule has 136 valence electrons. The lowest BCUT2D eigenvalue weighted by Gasteiger charge is -2.15. The molecule has 0 radical (unpaired) electrons. The molecule has 0 saturated heterocycles. The molecule has 0 aliphatic carbocycles. The van der Waals surface area contributed by atoms with Gasteiger partial charge in [0.2, 0.25) is 0 Å². The molecule has 2 nitrogen and oxygen atoms in total. The standard InChI is InChI=1S/C24H30N2/c1-24(2,3)16-9-6-10-17-26(4)20-22-13-11-12-21(18-22)19-25-23-14-7-5-8-15-23/h5-8,10-15,18,25H,17,19-20H2,1-4H3. The van der Waals surface area contributed by atoms with E-state index in [1.54, 1.807) is 0 Å². The van der Waals surface area contributed by atoms with Crippen LogP contribution in [0, 0.1) is 17.3 Å². The van der Waals surface area contributed by atoms with Crippen LogP contribution in [0.3, 0.4) is 0 Å². The molecule has 0 saturated carbocycles. The van der Waals surface area contributed by atoms with Crippen LogP contribution in [0.15, 0.2) is 66.7 Å². The lowest BCUT2D eigenvalue weighted by Crippen LogP contribution is -2.17. The molecule has 0 atom stereocenters. The van der Waals surface area contributed by atoms with Gasteiger partial charge in [-0.15, -0.1) is 0 Å². The van der Waals surface area contributed by atoms with Crippen molar-refractivity contribution in [1.29, 1.82) is 0 Å². The predicted molar refractivity (Wildman–Crippen MR) is 113 cm³/mol. The maximum Gasteiger partial charge on any atom is 0.0400 e. The molecule has 0 fully saturated rings. The Bertz CT molecular complexity index is 758. The highest BCUT2D eigenvalue weighted by Gasteiger charge is 2.02. The van der Waals surface area contributed by atoms with Gasteiger partial charge < -0.3 is 5.32 Å². The Morgan fingerprint density at radius 3 is 2.46 bits per heavy atom. The average molecular weight is 347 g/mol. The van der Waals surface area contributed by atoms with Gasteiger partial charge in [-0.3, -0.25) is 4.90 Å². The number of anilines is 1. The van der Waals surface area contributed by atoms with Crippen LogP contribution in [0.2, 0.25) is 0 Å². The number of rotatable bonds is 7. The van der Waals surface area contributed by atoms with Crippen LogP contribution in [-0.4, -0.2) is 18.5 Å². The van der Waals surface area contributed by atoms with Gasteiger partial charge in [-0.05, 0) is 57.2 Å². The Morgan fingerprint density at radius 1 is 1.00 bits per heavy atom. The fraction of sp³-hybridized carbons (Fsp3) is 0.333. The Kier molecular flexibility index (Phi) is 7.51. The van der Waals surface area contributed by atoms with Gasteiger partial charge >= 0.3 is 0 Å². The van der Waals surface area contributed by atoms with E-state index in [1.807, 2.05) is 24.3 Å². The van der Waals surface area contributed by atoms with E-state index in [-0.39, 0.29) is 5.41 Å². The summed E-state index contributed by atoms with van der Waals surface area (Å²) >= 11 is 0. The van der Waals surface area contributed by atoms with Gasteiger partial charge in [0.05, 0.1) is 0 Å². The molecule has 0 unspecified atom stereocenters. The highest BCUT2D eigenvalue weighted by Crippen LogP contribution is 2.12. The second-order valence-corrected chi connectivity index (χ2v) is 7.66. The van der Waals surface area contributed by atoms with E-state index in [2.05, 4.69) is 92.4 Å². The highest BCUT2D eigenvalue weighted by molar-refractivity contribution is 5.43. The van der Waals surface area contributed by atoms with Gasteiger partial charge in [0.15, 0.2) is 0 Å². The number of nitrogens with one attached hydrogen (secondary N) is 1. The monoisotopic (exact) mass is 346 g/mol. The van der Waals surface area contributed by atoms with Gasteiger partial charge in [-0.2, -0.15) is 0 Å². The van der Waals surface area contributed by atoms with Crippen molar-refractivity contribution < 1.29 is 0 Å². The summed E-state index contributed by atoms with van der Waals surface area (Å²) in [6.45, 7) is 9.03. The predicted octanol–water partition coefficient (Wildman–Crippen LogP) is 5.34. The SMILES string of the molecule is CN(CC=CC#CC(C)(C)C)Cc1cccc(CNc2ccccc2)c1. The molecule has 2 aromatic rings. The number of hydrogen-bond acceptors (Lipinski definition) is 2. The van der Waals surface area contributed by atoms with Crippen LogP contribution >= 0.6 is 0 Å². The zero-order valence-electron chi connectivity index (χ0n) is 16.4. The molecule has 0 aromatic heterocycles. The molecule has 0 aliphatic heterocycles. The molecule has 0 bridgehead atoms. The molecular formula is C24H30N2. The number of benzene rings is 2. The number of likely N-dealkylation sites (N-methyl/N-ethyl adjacent to an activating group) is 1. The van der Waals surface area contributed by atoms with E-state index in [9.17, 15) is 0 Å². The number of hydrogen-bond donors (Lipinski definition) is 1. The Morgan fingerprint density at radius 2 is 1.73 bits per heavy atom. The van der Waals surface area contributed by atoms with Crippen LogP contribution in [0.4, 0.5) is 5.69 Å². The van der Waals surface area contributed by atoms with Crippen molar-refractivity contribution in [3.05, 3.63) is 77.9 Å². The first-order chi connectivity index (χ1) is 12.4. The summed E-state index contributed by atoms with van der Waals surface area (Å²) in [6, 6.07) is 19.1. The van der Waals surface area contributed by atoms with E-state index in [0.717, 1.165) is 25.3 Å². The minimum atomic E-state index is 0.0600. The van der Waals surface area contributed by atoms with Crippen molar-refractivity contribution in [2.45, 2.75) is 33.9 Å². The smallest absolute Gasteiger partial charge is 0.0400 e. The van der Waals surface area contributed by atoms with Crippen molar-refractivity contribution in [3.8, 4) is 11.8 Å². The number of nitrogens with zero attached hydrogens (tertiary/aromatic N) is 1. The number of allylic oxidation sites excluding steroid dienone is 1. The summed E-state index contributed by atoms with van der Waals surface area (Å²) in [5, 5.41) is 3.46. The summed E-state index contributed by atoms with van der Waals surface area (Å²) in [5.41, 5.74) is 3.83. The minimum Gasteiger partial charge on any atom is -0.381 e. The van der Waals surface area contributed by atoms with E-state index >= 15 is 0 Å². The van der Waals surface area contributed by atoms with Crippen molar-refractivity contribution >= 4 is 5.69 Å². The Labute approximate surface area is 158 Å². The van der Waals surface area contributed by atoms with E-state index in [1.165, 1.54) is 11.1 Å². The highest BCUT2D eigenvalue weighted by atomic mass is 15.1. The summed E-state index contributed by atoms with van der Waals surface area (Å²) in [5.74, 6) is 6.34. The second-order valence-electron chi connectivity index (χ2n) is 7.66. The van der Waals surface area contributed by atoms with E-state index in [0.29, 0.717) is 0 Å². The van der Waals surface area contributed by atoms with Crippen LogP contribution in [-0.2, 0) is 13.1 Å². The quantitative estimate of drug-likeness (QED) is 0.681. The van der Waals surface area contributed by atoms with Gasteiger partial charge in [0.1, 0.15) is 0 Å². The largest absolute Gasteiger partial charge is 0.381 e. The van der Waals surface area contributed by atoms with Crippen molar-refractivity contribution in [2.24, 2.45) is 5.41 Å². The molecule has 0 spiro atoms. The maximum absolute atomic E-state index is 3.46. The normalized spacial score (nSPS) is 11.4. The molecule has 26 heavy (non-hydrogen) atoms. The van der Waals surface area contributed by atoms with Crippen LogP contribution in [0.5, 0.6) is 0 Å². The third-order valence-corrected chi connectivity index (χ3v) is 3.78. The molecule has 0 aliphatic rings. The fourth-order valence-electron chi connectivity index (χ4n) is 2.52. The zero-order chi connectivity index (χ0) is 18.8. The summed E-state index contributed by atoms with van der Waals surface area (Å²) < 4.78 is 0. The molecule has 0 amide bonds. The van der Waals surface area contributed by atoms with Crippen LogP contribution in [0.1, 0.15) is 31.9 Å². The molecule has 1 N–H and O–H groups in total. The summed E-state index contributed by atoms with van der Waals surface area (Å²) in [6.07, 6.45) is 4.08. The van der Waals surface area contributed by atoms with Gasteiger partial charge in [-0.1, -0.05) is 60.4 Å². The third-order valence-electron chi connectivity index (χ3n) is 3.78. The van der Waals surface area contributed by atoms with Gasteiger partial charge in [0, 0.05) is 30.7 Å². The van der Waals surface area contributed by atoms with Crippen molar-refractivity contribution in [2.75, 3.05) is 18.9 Å². The molecule has 2 rings (SSSR count). The van der Waals surface area contributed by atoms with E-state index < -0.39 is 0 Å². The van der Waals surface area contributed by atoms with Gasteiger partial charge in [-0.25, -0.2) is 0 Å². The number of para-hydroxylation sites is 1. The zero-order valence-corrected chi connectivity index (χ0v) is 16.4. The topological polar surface area (TPSA) is 15.3 Å². The van der Waals surface area contributed by atoms with Crippen LogP contribution in [0.25, 0.3) is 0 Å². The summed E-state index contributed by atoms with van der Waals surface area (Å²) in [4.78, 5) is 2.29. The first-order valence-corrected chi connectivity index (χ1v) is 9.15. The molecule has 2 aromatic carbocycles. The lowest BCUT2D eigenvalue weighted by atomic mass is 9.98. The fourth-order valence-corrected chi connectivity index (χ4v) is 2.52. The Hall–Kier alpha value is -2.50. The second kappa shape index (κ2) is 9.85. The average Bonchev–Trinajstić information content (AvgIpc) is 2.60. The Balaban J connectivity index is 1.83. The lowest BCUT2D eigenvalue weighted by molar-refractivity contribution is 0.363.